The van der Waals surface area contributed by atoms with E-state index in [9.17, 15) is 26.3 Å². The molecule has 8 heteroatoms. The number of hydrogen-bond acceptors (Lipinski definition) is 2. The number of alkyl halides is 6. The van der Waals surface area contributed by atoms with E-state index < -0.39 is 40.0 Å². The van der Waals surface area contributed by atoms with Gasteiger partial charge in [0.2, 0.25) is 0 Å². The number of aryl methyl sites for hydroxylation is 4. The van der Waals surface area contributed by atoms with Crippen molar-refractivity contribution in [1.82, 2.24) is 0 Å². The number of benzene rings is 2. The van der Waals surface area contributed by atoms with Gasteiger partial charge in [-0.3, -0.25) is 0 Å². The summed E-state index contributed by atoms with van der Waals surface area (Å²) < 4.78 is 85.3. The molecule has 0 heterocycles. The predicted octanol–water partition coefficient (Wildman–Crippen LogP) is 7.63. The molecule has 0 saturated carbocycles. The molecule has 0 aromatic heterocycles. The third kappa shape index (κ3) is 4.96. The van der Waals surface area contributed by atoms with Gasteiger partial charge in [-0.05, 0) is 97.7 Å². The van der Waals surface area contributed by atoms with Crippen LogP contribution < -0.4 is 0 Å². The van der Waals surface area contributed by atoms with Crippen molar-refractivity contribution in [3.8, 4) is 0 Å². The highest BCUT2D eigenvalue weighted by Gasteiger charge is 2.72. The highest BCUT2D eigenvalue weighted by molar-refractivity contribution is 8.01. The first-order valence-electron chi connectivity index (χ1n) is 7.91. The van der Waals surface area contributed by atoms with Gasteiger partial charge in [0.1, 0.15) is 0 Å². The molecule has 0 N–H and O–H groups in total. The third-order valence-corrected chi connectivity index (χ3v) is 5.58. The van der Waals surface area contributed by atoms with Gasteiger partial charge in [-0.15, -0.1) is 0 Å². The molecular weight excluding hydrogens is 406 g/mol. The Balaban J connectivity index is 2.31. The van der Waals surface area contributed by atoms with Crippen molar-refractivity contribution < 1.29 is 26.3 Å². The molecule has 148 valence electrons. The first kappa shape index (κ1) is 22.0. The van der Waals surface area contributed by atoms with Gasteiger partial charge in [0.25, 0.3) is 0 Å². The van der Waals surface area contributed by atoms with Crippen molar-refractivity contribution >= 4 is 23.5 Å². The number of rotatable bonds is 6. The molecule has 0 saturated heterocycles. The molecule has 0 amide bonds. The molecule has 0 fully saturated rings. The average Bonchev–Trinajstić information content (AvgIpc) is 2.43. The fourth-order valence-electron chi connectivity index (χ4n) is 2.58. The van der Waals surface area contributed by atoms with Crippen LogP contribution in [-0.2, 0) is 0 Å². The summed E-state index contributed by atoms with van der Waals surface area (Å²) in [7, 11) is 0. The first-order chi connectivity index (χ1) is 12.2. The van der Waals surface area contributed by atoms with Crippen LogP contribution in [0.3, 0.4) is 0 Å². The van der Waals surface area contributed by atoms with Crippen molar-refractivity contribution in [1.29, 1.82) is 0 Å². The van der Waals surface area contributed by atoms with Crippen molar-refractivity contribution in [3.63, 3.8) is 0 Å². The molecule has 0 spiro atoms. The lowest BCUT2D eigenvalue weighted by Gasteiger charge is -2.31. The summed E-state index contributed by atoms with van der Waals surface area (Å²) in [6.45, 7) is 6.44. The van der Waals surface area contributed by atoms with Crippen LogP contribution >= 0.6 is 23.5 Å². The van der Waals surface area contributed by atoms with E-state index in [-0.39, 0.29) is 9.79 Å². The fourth-order valence-corrected chi connectivity index (χ4v) is 4.73. The Morgan fingerprint density at radius 2 is 0.778 bits per heavy atom. The summed E-state index contributed by atoms with van der Waals surface area (Å²) in [6, 6.07) is 8.39. The van der Waals surface area contributed by atoms with Gasteiger partial charge < -0.3 is 0 Å². The van der Waals surface area contributed by atoms with Gasteiger partial charge in [-0.25, -0.2) is 0 Å². The fraction of sp³-hybridized carbons (Fsp3) is 0.368. The van der Waals surface area contributed by atoms with Crippen LogP contribution in [0.25, 0.3) is 0 Å². The second-order valence-corrected chi connectivity index (χ2v) is 8.84. The van der Waals surface area contributed by atoms with Crippen LogP contribution in [-0.4, -0.2) is 16.4 Å². The highest BCUT2D eigenvalue weighted by Crippen LogP contribution is 2.58. The van der Waals surface area contributed by atoms with Gasteiger partial charge in [-0.1, -0.05) is 12.1 Å². The van der Waals surface area contributed by atoms with E-state index in [1.165, 1.54) is 24.3 Å². The summed E-state index contributed by atoms with van der Waals surface area (Å²) >= 11 is -1.10. The minimum absolute atomic E-state index is 0.190. The molecule has 0 aliphatic rings. The van der Waals surface area contributed by atoms with E-state index in [1.54, 1.807) is 39.8 Å². The molecule has 2 aromatic carbocycles. The maximum atomic E-state index is 14.2. The Kier molecular flexibility index (Phi) is 6.21. The lowest BCUT2D eigenvalue weighted by molar-refractivity contribution is -0.237. The second kappa shape index (κ2) is 7.62. The van der Waals surface area contributed by atoms with Crippen LogP contribution in [0.5, 0.6) is 0 Å². The topological polar surface area (TPSA) is 0 Å². The lowest BCUT2D eigenvalue weighted by atomic mass is 10.2. The van der Waals surface area contributed by atoms with Crippen LogP contribution in [0, 0.1) is 27.7 Å². The van der Waals surface area contributed by atoms with Crippen LogP contribution in [0.2, 0.25) is 0 Å². The first-order valence-corrected chi connectivity index (χ1v) is 9.55. The van der Waals surface area contributed by atoms with Gasteiger partial charge in [0.05, 0.1) is 0 Å². The standard InChI is InChI=1S/C19H18F6S2/c1-11-5-12(2)8-15(7-11)26-18(22,23)17(20,21)19(24,25)27-16-9-13(3)6-14(4)10-16/h5-10H,1-4H3. The van der Waals surface area contributed by atoms with E-state index in [2.05, 4.69) is 0 Å². The van der Waals surface area contributed by atoms with Crippen molar-refractivity contribution in [3.05, 3.63) is 58.7 Å². The summed E-state index contributed by atoms with van der Waals surface area (Å²) in [5.41, 5.74) is 2.31. The third-order valence-electron chi connectivity index (χ3n) is 3.61. The van der Waals surface area contributed by atoms with Gasteiger partial charge >= 0.3 is 16.4 Å². The van der Waals surface area contributed by atoms with E-state index >= 15 is 0 Å². The molecule has 27 heavy (non-hydrogen) atoms. The van der Waals surface area contributed by atoms with Crippen LogP contribution in [0.15, 0.2) is 46.2 Å². The molecule has 0 bridgehead atoms. The zero-order valence-electron chi connectivity index (χ0n) is 15.0. The predicted molar refractivity (Wildman–Crippen MR) is 98.4 cm³/mol. The van der Waals surface area contributed by atoms with Crippen LogP contribution in [0.4, 0.5) is 26.3 Å². The minimum Gasteiger partial charge on any atom is -0.191 e. The molecule has 0 unspecified atom stereocenters. The van der Waals surface area contributed by atoms with E-state index in [0.29, 0.717) is 22.3 Å². The molecule has 0 aliphatic carbocycles. The molecule has 0 nitrogen and oxygen atoms in total. The van der Waals surface area contributed by atoms with E-state index in [4.69, 9.17) is 0 Å². The molecule has 0 atom stereocenters. The normalized spacial score (nSPS) is 13.1. The smallest absolute Gasteiger partial charge is 0.191 e. The highest BCUT2D eigenvalue weighted by atomic mass is 32.2. The molecular formula is C19H18F6S2. The van der Waals surface area contributed by atoms with Crippen molar-refractivity contribution in [2.24, 2.45) is 0 Å². The second-order valence-electron chi connectivity index (χ2n) is 6.46. The zero-order valence-corrected chi connectivity index (χ0v) is 16.7. The largest absolute Gasteiger partial charge is 0.392 e. The van der Waals surface area contributed by atoms with Crippen molar-refractivity contribution in [2.45, 2.75) is 53.9 Å². The Morgan fingerprint density at radius 1 is 0.519 bits per heavy atom. The number of thioether (sulfide) groups is 2. The summed E-state index contributed by atoms with van der Waals surface area (Å²) in [5, 5.41) is -9.99. The average molecular weight is 424 g/mol. The Morgan fingerprint density at radius 3 is 1.04 bits per heavy atom. The summed E-state index contributed by atoms with van der Waals surface area (Å²) in [5.74, 6) is -5.56. The van der Waals surface area contributed by atoms with Gasteiger partial charge in [0, 0.05) is 9.79 Å². The van der Waals surface area contributed by atoms with E-state index in [1.807, 2.05) is 0 Å². The minimum atomic E-state index is -5.56. The molecule has 2 rings (SSSR count). The van der Waals surface area contributed by atoms with Crippen molar-refractivity contribution in [2.75, 3.05) is 0 Å². The Bertz CT molecular complexity index is 725. The molecule has 2 aromatic rings. The quantitative estimate of drug-likeness (QED) is 0.345. The molecule has 0 aliphatic heterocycles. The lowest BCUT2D eigenvalue weighted by Crippen LogP contribution is -2.50. The monoisotopic (exact) mass is 424 g/mol. The van der Waals surface area contributed by atoms with E-state index in [0.717, 1.165) is 0 Å². The SMILES string of the molecule is Cc1cc(C)cc(SC(F)(F)C(F)(F)C(F)(F)Sc2cc(C)cc(C)c2)c1. The Hall–Kier alpha value is -1.28. The number of hydrogen-bond donors (Lipinski definition) is 0. The zero-order chi connectivity index (χ0) is 20.6. The van der Waals surface area contributed by atoms with Crippen LogP contribution in [0.1, 0.15) is 22.3 Å². The maximum absolute atomic E-state index is 14.2. The maximum Gasteiger partial charge on any atom is 0.392 e. The summed E-state index contributed by atoms with van der Waals surface area (Å²) in [4.78, 5) is -0.381. The Labute approximate surface area is 162 Å². The summed E-state index contributed by atoms with van der Waals surface area (Å²) in [6.07, 6.45) is 0. The van der Waals surface area contributed by atoms with Gasteiger partial charge in [0.15, 0.2) is 0 Å². The molecule has 0 radical (unpaired) electrons. The number of halogens is 6. The van der Waals surface area contributed by atoms with Gasteiger partial charge in [-0.2, -0.15) is 26.3 Å².